The number of carbonyl (C=O) groups excluding carboxylic acids is 1. The van der Waals surface area contributed by atoms with Crippen molar-refractivity contribution in [2.75, 3.05) is 12.0 Å². The average Bonchev–Trinajstić information content (AvgIpc) is 3.34. The highest BCUT2D eigenvalue weighted by Gasteiger charge is 2.20. The van der Waals surface area contributed by atoms with Crippen molar-refractivity contribution in [1.82, 2.24) is 4.57 Å². The molecular weight excluding hydrogens is 676 g/mol. The quantitative estimate of drug-likeness (QED) is 0.179. The van der Waals surface area contributed by atoms with Gasteiger partial charge in [0.05, 0.1) is 22.8 Å². The van der Waals surface area contributed by atoms with E-state index in [9.17, 15) is 4.79 Å². The number of halogens is 2. The van der Waals surface area contributed by atoms with Crippen LogP contribution >= 0.6 is 31.9 Å². The van der Waals surface area contributed by atoms with Gasteiger partial charge in [0, 0.05) is 22.1 Å². The summed E-state index contributed by atoms with van der Waals surface area (Å²) < 4.78 is 7.98. The predicted molar refractivity (Wildman–Crippen MR) is 188 cm³/mol. The molecule has 6 aromatic carbocycles. The Balaban J connectivity index is 1.22. The molecule has 0 aliphatic rings. The van der Waals surface area contributed by atoms with Crippen LogP contribution in [0.4, 0.5) is 21.9 Å². The number of methoxy groups -OCH3 is 1. The van der Waals surface area contributed by atoms with E-state index < -0.39 is 6.09 Å². The van der Waals surface area contributed by atoms with E-state index in [1.54, 1.807) is 0 Å². The zero-order chi connectivity index (χ0) is 30.2. The molecule has 7 aromatic rings. The molecule has 0 radical (unpaired) electrons. The van der Waals surface area contributed by atoms with Crippen molar-refractivity contribution in [3.8, 4) is 22.3 Å². The van der Waals surface area contributed by atoms with E-state index in [2.05, 4.69) is 158 Å². The normalized spacial score (nSPS) is 11.2. The molecule has 6 heteroatoms. The topological polar surface area (TPSA) is 34.5 Å². The Morgan fingerprint density at radius 3 is 1.89 bits per heavy atom. The molecule has 7 rings (SSSR count). The maximum atomic E-state index is 12.5. The average molecular weight is 702 g/mol. The van der Waals surface area contributed by atoms with Crippen molar-refractivity contribution in [1.29, 1.82) is 0 Å². The third-order valence-electron chi connectivity index (χ3n) is 7.91. The van der Waals surface area contributed by atoms with Crippen molar-refractivity contribution in [2.24, 2.45) is 0 Å². The maximum absolute atomic E-state index is 12.5. The molecule has 0 unspecified atom stereocenters. The van der Waals surface area contributed by atoms with Gasteiger partial charge >= 0.3 is 6.09 Å². The van der Waals surface area contributed by atoms with Crippen molar-refractivity contribution in [2.45, 2.75) is 0 Å². The summed E-state index contributed by atoms with van der Waals surface area (Å²) in [7, 11) is 1.38. The molecule has 0 saturated heterocycles. The first-order valence-corrected chi connectivity index (χ1v) is 15.7. The van der Waals surface area contributed by atoms with Gasteiger partial charge in [-0.1, -0.05) is 103 Å². The highest BCUT2D eigenvalue weighted by atomic mass is 79.9. The summed E-state index contributed by atoms with van der Waals surface area (Å²) in [5, 5.41) is 3.34. The summed E-state index contributed by atoms with van der Waals surface area (Å²) in [5.74, 6) is 0. The Hall–Kier alpha value is -4.65. The number of nitrogens with zero attached hydrogens (tertiary/aromatic N) is 2. The van der Waals surface area contributed by atoms with Crippen LogP contribution in [0.3, 0.4) is 0 Å². The van der Waals surface area contributed by atoms with Gasteiger partial charge in [-0.25, -0.2) is 9.36 Å². The van der Waals surface area contributed by atoms with Gasteiger partial charge in [0.2, 0.25) is 0 Å². The van der Waals surface area contributed by atoms with Crippen LogP contribution in [0.1, 0.15) is 0 Å². The first-order valence-electron chi connectivity index (χ1n) is 14.1. The number of rotatable bonds is 5. The number of benzene rings is 6. The number of fused-ring (bicyclic) bond motifs is 2. The van der Waals surface area contributed by atoms with E-state index in [4.69, 9.17) is 4.74 Å². The molecule has 1 heterocycles. The molecule has 4 nitrogen and oxygen atoms in total. The molecule has 0 aliphatic carbocycles. The highest BCUT2D eigenvalue weighted by Crippen LogP contribution is 2.40. The fourth-order valence-corrected chi connectivity index (χ4v) is 6.79. The second kappa shape index (κ2) is 11.8. The molecule has 0 amide bonds. The standard InChI is InChI=1S/C38H26Br2N2O2/c1-44-38(43)42-35-24-29(20-23-33(35)36(39)37(42)40)27-16-14-25(15-17-27)26-18-21-31(22-19-26)41(30-10-3-2-4-11-30)34-13-7-9-28-8-5-6-12-32(28)34/h2-24H,1H3. The molecule has 0 spiro atoms. The minimum Gasteiger partial charge on any atom is -0.452 e. The second-order valence-corrected chi connectivity index (χ2v) is 12.0. The number of hydrogen-bond donors (Lipinski definition) is 0. The number of hydrogen-bond acceptors (Lipinski definition) is 3. The third kappa shape index (κ3) is 5.00. The Morgan fingerprint density at radius 1 is 0.614 bits per heavy atom. The van der Waals surface area contributed by atoms with Crippen LogP contribution in [0.2, 0.25) is 0 Å². The van der Waals surface area contributed by atoms with Crippen LogP contribution in [0, 0.1) is 0 Å². The maximum Gasteiger partial charge on any atom is 0.419 e. The van der Waals surface area contributed by atoms with Crippen LogP contribution in [-0.4, -0.2) is 17.8 Å². The van der Waals surface area contributed by atoms with E-state index in [-0.39, 0.29) is 0 Å². The summed E-state index contributed by atoms with van der Waals surface area (Å²) in [4.78, 5) is 14.8. The molecular formula is C38H26Br2N2O2. The zero-order valence-corrected chi connectivity index (χ0v) is 26.9. The van der Waals surface area contributed by atoms with Gasteiger partial charge in [-0.05, 0) is 95.9 Å². The van der Waals surface area contributed by atoms with Crippen molar-refractivity contribution < 1.29 is 9.53 Å². The minimum absolute atomic E-state index is 0.449. The van der Waals surface area contributed by atoms with Crippen LogP contribution < -0.4 is 4.90 Å². The Kier molecular flexibility index (Phi) is 7.54. The van der Waals surface area contributed by atoms with Gasteiger partial charge in [0.15, 0.2) is 0 Å². The van der Waals surface area contributed by atoms with E-state index in [0.29, 0.717) is 4.60 Å². The summed E-state index contributed by atoms with van der Waals surface area (Å²) in [6.07, 6.45) is -0.449. The zero-order valence-electron chi connectivity index (χ0n) is 23.7. The fourth-order valence-electron chi connectivity index (χ4n) is 5.73. The van der Waals surface area contributed by atoms with Crippen LogP contribution in [-0.2, 0) is 4.74 Å². The van der Waals surface area contributed by atoms with E-state index in [1.165, 1.54) is 22.4 Å². The monoisotopic (exact) mass is 700 g/mol. The molecule has 0 N–H and O–H groups in total. The number of para-hydroxylation sites is 1. The first-order chi connectivity index (χ1) is 21.5. The first kappa shape index (κ1) is 28.1. The molecule has 0 aliphatic heterocycles. The van der Waals surface area contributed by atoms with Gasteiger partial charge < -0.3 is 9.64 Å². The van der Waals surface area contributed by atoms with Crippen molar-refractivity contribution >= 4 is 76.7 Å². The molecule has 0 fully saturated rings. The summed E-state index contributed by atoms with van der Waals surface area (Å²) >= 11 is 7.10. The Morgan fingerprint density at radius 2 is 1.18 bits per heavy atom. The lowest BCUT2D eigenvalue weighted by atomic mass is 9.99. The predicted octanol–water partition coefficient (Wildman–Crippen LogP) is 11.7. The summed E-state index contributed by atoms with van der Waals surface area (Å²) in [6, 6.07) is 48.8. The van der Waals surface area contributed by atoms with E-state index in [0.717, 1.165) is 54.7 Å². The van der Waals surface area contributed by atoms with Gasteiger partial charge in [-0.3, -0.25) is 0 Å². The molecule has 44 heavy (non-hydrogen) atoms. The lowest BCUT2D eigenvalue weighted by Crippen LogP contribution is -2.11. The molecule has 214 valence electrons. The van der Waals surface area contributed by atoms with E-state index >= 15 is 0 Å². The molecule has 0 bridgehead atoms. The van der Waals surface area contributed by atoms with Crippen LogP contribution in [0.15, 0.2) is 149 Å². The smallest absolute Gasteiger partial charge is 0.419 e. The van der Waals surface area contributed by atoms with Gasteiger partial charge in [-0.15, -0.1) is 0 Å². The lowest BCUT2D eigenvalue weighted by Gasteiger charge is -2.27. The van der Waals surface area contributed by atoms with Gasteiger partial charge in [-0.2, -0.15) is 0 Å². The van der Waals surface area contributed by atoms with E-state index in [1.807, 2.05) is 18.2 Å². The summed E-state index contributed by atoms with van der Waals surface area (Å²) in [5.41, 5.74) is 8.43. The fraction of sp³-hybridized carbons (Fsp3) is 0.0263. The molecule has 0 saturated carbocycles. The largest absolute Gasteiger partial charge is 0.452 e. The van der Waals surface area contributed by atoms with Crippen molar-refractivity contribution in [3.63, 3.8) is 0 Å². The number of aromatic nitrogens is 1. The molecule has 0 atom stereocenters. The Bertz CT molecular complexity index is 2130. The number of ether oxygens (including phenoxy) is 1. The second-order valence-electron chi connectivity index (χ2n) is 10.4. The molecule has 1 aromatic heterocycles. The third-order valence-corrected chi connectivity index (χ3v) is 9.99. The van der Waals surface area contributed by atoms with Crippen LogP contribution in [0.25, 0.3) is 43.9 Å². The SMILES string of the molecule is COC(=O)n1c(Br)c(Br)c2ccc(-c3ccc(-c4ccc(N(c5ccccc5)c5cccc6ccccc56)cc4)cc3)cc21. The minimum atomic E-state index is -0.449. The summed E-state index contributed by atoms with van der Waals surface area (Å²) in [6.45, 7) is 0. The lowest BCUT2D eigenvalue weighted by molar-refractivity contribution is 0.173. The Labute approximate surface area is 272 Å². The van der Waals surface area contributed by atoms with Gasteiger partial charge in [0.25, 0.3) is 0 Å². The van der Waals surface area contributed by atoms with Crippen LogP contribution in [0.5, 0.6) is 0 Å². The number of carbonyl (C=O) groups is 1. The van der Waals surface area contributed by atoms with Gasteiger partial charge in [0.1, 0.15) is 4.60 Å². The number of anilines is 3. The van der Waals surface area contributed by atoms with Crippen molar-refractivity contribution in [3.05, 3.63) is 149 Å². The highest BCUT2D eigenvalue weighted by molar-refractivity contribution is 9.13.